The molecule has 0 aliphatic heterocycles. The minimum Gasteiger partial charge on any atom is -0.298 e. The number of rotatable bonds is 3. The summed E-state index contributed by atoms with van der Waals surface area (Å²) in [5.74, 6) is 0.0223. The molecule has 1 aromatic carbocycles. The maximum Gasteiger partial charge on any atom is 0.297 e. The molecule has 1 fully saturated rings. The van der Waals surface area contributed by atoms with Crippen molar-refractivity contribution in [2.75, 3.05) is 0 Å². The van der Waals surface area contributed by atoms with Gasteiger partial charge in [-0.25, -0.2) is 0 Å². The van der Waals surface area contributed by atoms with Gasteiger partial charge in [0.05, 0.1) is 15.7 Å². The van der Waals surface area contributed by atoms with E-state index in [1.807, 2.05) is 6.92 Å². The molecule has 1 aliphatic carbocycles. The first-order valence-electron chi connectivity index (χ1n) is 6.54. The van der Waals surface area contributed by atoms with Gasteiger partial charge in [0.25, 0.3) is 10.1 Å². The van der Waals surface area contributed by atoms with E-state index in [0.717, 1.165) is 5.56 Å². The summed E-state index contributed by atoms with van der Waals surface area (Å²) in [6.07, 6.45) is -0.645. The molecule has 0 saturated heterocycles. The van der Waals surface area contributed by atoms with Crippen LogP contribution in [0.1, 0.15) is 33.3 Å². The number of hydrogen-bond acceptors (Lipinski definition) is 4. The maximum absolute atomic E-state index is 12.3. The molecule has 110 valence electrons. The van der Waals surface area contributed by atoms with Gasteiger partial charge in [-0.2, -0.15) is 8.42 Å². The molecule has 0 radical (unpaired) electrons. The number of carbonyl (C=O) groups is 1. The van der Waals surface area contributed by atoms with Crippen LogP contribution in [0.2, 0.25) is 0 Å². The SMILES string of the molecule is Cc1ccc(S(=O)(=O)OC2C(C)(C)C(=O)C2(C)C)cc1. The highest BCUT2D eigenvalue weighted by Gasteiger charge is 2.64. The van der Waals surface area contributed by atoms with Crippen LogP contribution >= 0.6 is 0 Å². The van der Waals surface area contributed by atoms with Crippen LogP contribution in [-0.4, -0.2) is 20.3 Å². The average molecular weight is 296 g/mol. The Morgan fingerprint density at radius 2 is 1.45 bits per heavy atom. The van der Waals surface area contributed by atoms with Crippen molar-refractivity contribution in [2.45, 2.75) is 45.6 Å². The predicted molar refractivity (Wildman–Crippen MR) is 75.8 cm³/mol. The lowest BCUT2D eigenvalue weighted by atomic mass is 9.52. The first-order chi connectivity index (χ1) is 8.99. The number of hydrogen-bond donors (Lipinski definition) is 0. The number of carbonyl (C=O) groups excluding carboxylic acids is 1. The second-order valence-corrected chi connectivity index (χ2v) is 8.09. The standard InChI is InChI=1S/C15H20O4S/c1-10-6-8-11(9-7-10)20(17,18)19-13-14(2,3)12(16)15(13,4)5/h6-9,13H,1-5H3. The summed E-state index contributed by atoms with van der Waals surface area (Å²) < 4.78 is 29.9. The summed E-state index contributed by atoms with van der Waals surface area (Å²) in [7, 11) is -3.85. The highest BCUT2D eigenvalue weighted by Crippen LogP contribution is 2.52. The molecular formula is C15H20O4S. The van der Waals surface area contributed by atoms with Gasteiger partial charge in [0, 0.05) is 0 Å². The fourth-order valence-electron chi connectivity index (χ4n) is 3.02. The van der Waals surface area contributed by atoms with Crippen LogP contribution in [0.3, 0.4) is 0 Å². The van der Waals surface area contributed by atoms with Gasteiger partial charge in [-0.15, -0.1) is 0 Å². The lowest BCUT2D eigenvalue weighted by molar-refractivity contribution is -0.175. The molecule has 0 aromatic heterocycles. The number of benzene rings is 1. The fraction of sp³-hybridized carbons (Fsp3) is 0.533. The Balaban J connectivity index is 2.30. The minimum atomic E-state index is -3.85. The van der Waals surface area contributed by atoms with Crippen LogP contribution in [0.4, 0.5) is 0 Å². The summed E-state index contributed by atoms with van der Waals surface area (Å²) in [5.41, 5.74) is -0.578. The van der Waals surface area contributed by atoms with Crippen molar-refractivity contribution in [3.05, 3.63) is 29.8 Å². The summed E-state index contributed by atoms with van der Waals surface area (Å²) in [6.45, 7) is 8.76. The van der Waals surface area contributed by atoms with Crippen molar-refractivity contribution in [3.63, 3.8) is 0 Å². The van der Waals surface area contributed by atoms with Gasteiger partial charge < -0.3 is 0 Å². The van der Waals surface area contributed by atoms with Crippen LogP contribution in [0, 0.1) is 17.8 Å². The Hall–Kier alpha value is -1.20. The summed E-state index contributed by atoms with van der Waals surface area (Å²) in [4.78, 5) is 12.1. The van der Waals surface area contributed by atoms with E-state index in [0.29, 0.717) is 0 Å². The molecule has 0 atom stereocenters. The van der Waals surface area contributed by atoms with Crippen molar-refractivity contribution in [1.29, 1.82) is 0 Å². The normalized spacial score (nSPS) is 21.6. The highest BCUT2D eigenvalue weighted by atomic mass is 32.2. The van der Waals surface area contributed by atoms with E-state index in [1.165, 1.54) is 12.1 Å². The molecular weight excluding hydrogens is 276 g/mol. The van der Waals surface area contributed by atoms with Gasteiger partial charge in [0.1, 0.15) is 11.9 Å². The third-order valence-corrected chi connectivity index (χ3v) is 5.31. The topological polar surface area (TPSA) is 60.4 Å². The van der Waals surface area contributed by atoms with Gasteiger partial charge in [0.2, 0.25) is 0 Å². The zero-order chi connectivity index (χ0) is 15.3. The summed E-state index contributed by atoms with van der Waals surface area (Å²) >= 11 is 0. The second kappa shape index (κ2) is 4.40. The van der Waals surface area contributed by atoms with Gasteiger partial charge in [-0.1, -0.05) is 45.4 Å². The van der Waals surface area contributed by atoms with Crippen molar-refractivity contribution in [3.8, 4) is 0 Å². The third kappa shape index (κ3) is 2.19. The molecule has 0 N–H and O–H groups in total. The van der Waals surface area contributed by atoms with Crippen molar-refractivity contribution < 1.29 is 17.4 Å². The molecule has 2 rings (SSSR count). The highest BCUT2D eigenvalue weighted by molar-refractivity contribution is 7.86. The quantitative estimate of drug-likeness (QED) is 0.805. The van der Waals surface area contributed by atoms with Crippen LogP contribution in [0.15, 0.2) is 29.2 Å². The first kappa shape index (κ1) is 15.2. The smallest absolute Gasteiger partial charge is 0.297 e. The molecule has 1 saturated carbocycles. The maximum atomic E-state index is 12.3. The lowest BCUT2D eigenvalue weighted by Gasteiger charge is -2.53. The minimum absolute atomic E-state index is 0.0223. The molecule has 1 aromatic rings. The van der Waals surface area contributed by atoms with Crippen molar-refractivity contribution in [2.24, 2.45) is 10.8 Å². The zero-order valence-corrected chi connectivity index (χ0v) is 13.2. The van der Waals surface area contributed by atoms with Crippen LogP contribution in [0.5, 0.6) is 0 Å². The van der Waals surface area contributed by atoms with Crippen molar-refractivity contribution >= 4 is 15.9 Å². The summed E-state index contributed by atoms with van der Waals surface area (Å²) in [6, 6.07) is 6.48. The van der Waals surface area contributed by atoms with Crippen LogP contribution in [-0.2, 0) is 19.1 Å². The van der Waals surface area contributed by atoms with E-state index < -0.39 is 27.1 Å². The monoisotopic (exact) mass is 296 g/mol. The lowest BCUT2D eigenvalue weighted by Crippen LogP contribution is -2.65. The van der Waals surface area contributed by atoms with E-state index >= 15 is 0 Å². The molecule has 20 heavy (non-hydrogen) atoms. The molecule has 0 spiro atoms. The second-order valence-electron chi connectivity index (χ2n) is 6.52. The average Bonchev–Trinajstić information content (AvgIpc) is 2.35. The van der Waals surface area contributed by atoms with E-state index in [9.17, 15) is 13.2 Å². The third-order valence-electron chi connectivity index (χ3n) is 4.01. The molecule has 0 amide bonds. The molecule has 5 heteroatoms. The Morgan fingerprint density at radius 1 is 1.00 bits per heavy atom. The molecule has 0 heterocycles. The summed E-state index contributed by atoms with van der Waals surface area (Å²) in [5, 5.41) is 0. The van der Waals surface area contributed by atoms with Crippen molar-refractivity contribution in [1.82, 2.24) is 0 Å². The van der Waals surface area contributed by atoms with Gasteiger partial charge >= 0.3 is 0 Å². The predicted octanol–water partition coefficient (Wildman–Crippen LogP) is 2.70. The molecule has 0 bridgehead atoms. The van der Waals surface area contributed by atoms with E-state index in [2.05, 4.69) is 0 Å². The Kier molecular flexibility index (Phi) is 3.34. The van der Waals surface area contributed by atoms with Crippen LogP contribution in [0.25, 0.3) is 0 Å². The molecule has 1 aliphatic rings. The van der Waals surface area contributed by atoms with Gasteiger partial charge in [-0.3, -0.25) is 8.98 Å². The van der Waals surface area contributed by atoms with E-state index in [4.69, 9.17) is 4.18 Å². The van der Waals surface area contributed by atoms with Crippen LogP contribution < -0.4 is 0 Å². The first-order valence-corrected chi connectivity index (χ1v) is 7.95. The Bertz CT molecular complexity index is 621. The van der Waals surface area contributed by atoms with E-state index in [1.54, 1.807) is 39.8 Å². The number of ketones is 1. The largest absolute Gasteiger partial charge is 0.298 e. The van der Waals surface area contributed by atoms with E-state index in [-0.39, 0.29) is 10.7 Å². The fourth-order valence-corrected chi connectivity index (χ4v) is 4.34. The zero-order valence-electron chi connectivity index (χ0n) is 12.4. The molecule has 4 nitrogen and oxygen atoms in total. The Morgan fingerprint density at radius 3 is 1.90 bits per heavy atom. The number of Topliss-reactive ketones (excluding diaryl/α,β-unsaturated/α-hetero) is 1. The Labute approximate surface area is 120 Å². The molecule has 0 unspecified atom stereocenters. The van der Waals surface area contributed by atoms with Gasteiger partial charge in [0.15, 0.2) is 0 Å². The number of aryl methyl sites for hydroxylation is 1. The van der Waals surface area contributed by atoms with Gasteiger partial charge in [-0.05, 0) is 19.1 Å².